The van der Waals surface area contributed by atoms with Gasteiger partial charge < -0.3 is 14.0 Å². The Morgan fingerprint density at radius 2 is 2.18 bits per heavy atom. The van der Waals surface area contributed by atoms with E-state index in [1.54, 1.807) is 32.4 Å². The molecule has 1 aliphatic heterocycles. The molecule has 0 spiro atoms. The number of amides is 1. The van der Waals surface area contributed by atoms with Crippen LogP contribution < -0.4 is 10.2 Å². The Balaban J connectivity index is 1.32. The third-order valence-corrected chi connectivity index (χ3v) is 6.74. The van der Waals surface area contributed by atoms with E-state index in [2.05, 4.69) is 25.1 Å². The number of carbonyl (C=O) groups excluding carboxylic acids is 1. The minimum atomic E-state index is -0.323. The maximum Gasteiger partial charge on any atom is 0.283 e. The second kappa shape index (κ2) is 8.93. The third kappa shape index (κ3) is 4.22. The molecule has 0 unspecified atom stereocenters. The highest BCUT2D eigenvalue weighted by Crippen LogP contribution is 2.36. The Kier molecular flexibility index (Phi) is 5.84. The zero-order valence-corrected chi connectivity index (χ0v) is 19.5. The van der Waals surface area contributed by atoms with E-state index >= 15 is 0 Å². The number of nitrogens with one attached hydrogen (secondary N) is 1. The Bertz CT molecular complexity index is 1390. The molecule has 10 heteroatoms. The van der Waals surface area contributed by atoms with Crippen molar-refractivity contribution in [1.82, 2.24) is 20.0 Å². The number of halogens is 1. The first-order valence-corrected chi connectivity index (χ1v) is 11.4. The summed E-state index contributed by atoms with van der Waals surface area (Å²) < 4.78 is 13.0. The van der Waals surface area contributed by atoms with E-state index < -0.39 is 0 Å². The zero-order valence-electron chi connectivity index (χ0n) is 18.0. The summed E-state index contributed by atoms with van der Waals surface area (Å²) >= 11 is 7.32. The first-order chi connectivity index (χ1) is 16.0. The van der Waals surface area contributed by atoms with Crippen LogP contribution in [0.4, 0.5) is 0 Å². The molecule has 0 fully saturated rings. The second-order valence-corrected chi connectivity index (χ2v) is 8.89. The molecule has 1 N–H and O–H groups in total. The summed E-state index contributed by atoms with van der Waals surface area (Å²) in [6, 6.07) is 11.2. The smallest absolute Gasteiger partial charge is 0.283 e. The number of hydrazone groups is 1. The number of hydrogen-bond acceptors (Lipinski definition) is 7. The van der Waals surface area contributed by atoms with Crippen LogP contribution in [0, 0.1) is 6.92 Å². The zero-order chi connectivity index (χ0) is 22.9. The van der Waals surface area contributed by atoms with Gasteiger partial charge in [0.25, 0.3) is 5.91 Å². The summed E-state index contributed by atoms with van der Waals surface area (Å²) in [7, 11) is 1.57. The summed E-state index contributed by atoms with van der Waals surface area (Å²) in [5, 5.41) is 5.37. The number of imidazole rings is 1. The average Bonchev–Trinajstić information content (AvgIpc) is 3.38. The van der Waals surface area contributed by atoms with Gasteiger partial charge in [0.15, 0.2) is 0 Å². The summed E-state index contributed by atoms with van der Waals surface area (Å²) in [5.74, 6) is 1.20. The van der Waals surface area contributed by atoms with Crippen molar-refractivity contribution in [3.05, 3.63) is 63.4 Å². The fourth-order valence-electron chi connectivity index (χ4n) is 3.74. The Morgan fingerprint density at radius 3 is 3.03 bits per heavy atom. The van der Waals surface area contributed by atoms with Gasteiger partial charge in [-0.15, -0.1) is 11.3 Å². The van der Waals surface area contributed by atoms with E-state index in [1.165, 1.54) is 11.3 Å². The summed E-state index contributed by atoms with van der Waals surface area (Å²) in [5.41, 5.74) is 6.77. The molecule has 0 aliphatic carbocycles. The summed E-state index contributed by atoms with van der Waals surface area (Å²) in [4.78, 5) is 22.4. The number of rotatable bonds is 5. The van der Waals surface area contributed by atoms with Crippen molar-refractivity contribution in [2.45, 2.75) is 20.1 Å². The molecule has 0 radical (unpaired) electrons. The molecule has 1 amide bonds. The number of aromatic nitrogens is 3. The van der Waals surface area contributed by atoms with E-state index in [4.69, 9.17) is 21.1 Å². The maximum atomic E-state index is 12.7. The molecule has 4 aromatic rings. The summed E-state index contributed by atoms with van der Waals surface area (Å²) in [6.45, 7) is 3.80. The average molecular weight is 482 g/mol. The molecule has 5 rings (SSSR count). The lowest BCUT2D eigenvalue weighted by molar-refractivity contribution is 0.0830. The number of nitrogens with zero attached hydrogens (tertiary/aromatic N) is 4. The second-order valence-electron chi connectivity index (χ2n) is 7.46. The lowest BCUT2D eigenvalue weighted by Crippen LogP contribution is -2.17. The number of fused-ring (bicyclic) bond motifs is 3. The molecule has 8 nitrogen and oxygen atoms in total. The predicted molar refractivity (Wildman–Crippen MR) is 128 cm³/mol. The minimum Gasteiger partial charge on any atom is -0.496 e. The summed E-state index contributed by atoms with van der Waals surface area (Å²) in [6.07, 6.45) is 1.60. The van der Waals surface area contributed by atoms with E-state index in [0.717, 1.165) is 34.5 Å². The van der Waals surface area contributed by atoms with Crippen molar-refractivity contribution in [2.24, 2.45) is 5.10 Å². The number of methoxy groups -OCH3 is 1. The number of ether oxygens (including phenoxy) is 2. The molecule has 0 atom stereocenters. The SMILES string of the molecule is COc1cc(Cl)ccc1-c1nc(C)c(C(=O)NN=Cc2ccc3c(c2)nc2n3CCOC2)s1. The molecule has 2 aromatic carbocycles. The molecule has 0 bridgehead atoms. The number of carbonyl (C=O) groups is 1. The van der Waals surface area contributed by atoms with Gasteiger partial charge in [-0.05, 0) is 42.8 Å². The molecular formula is C23H20ClN5O3S. The van der Waals surface area contributed by atoms with Crippen molar-refractivity contribution in [2.75, 3.05) is 13.7 Å². The molecule has 3 heterocycles. The highest BCUT2D eigenvalue weighted by Gasteiger charge is 2.18. The first-order valence-electron chi connectivity index (χ1n) is 10.2. The van der Waals surface area contributed by atoms with Crippen LogP contribution in [0.2, 0.25) is 5.02 Å². The standard InChI is InChI=1S/C23H20ClN5O3S/c1-13-21(33-23(26-13)16-5-4-15(24)10-19(16)31-2)22(30)28-25-11-14-3-6-18-17(9-14)27-20-12-32-8-7-29(18)20/h3-6,9-11H,7-8,12H2,1-2H3,(H,28,30). The van der Waals surface area contributed by atoms with Gasteiger partial charge in [-0.1, -0.05) is 17.7 Å². The highest BCUT2D eigenvalue weighted by molar-refractivity contribution is 7.17. The van der Waals surface area contributed by atoms with Crippen LogP contribution in [-0.4, -0.2) is 40.4 Å². The van der Waals surface area contributed by atoms with E-state index in [9.17, 15) is 4.79 Å². The predicted octanol–water partition coefficient (Wildman–Crippen LogP) is 4.42. The number of benzene rings is 2. The van der Waals surface area contributed by atoms with Crippen LogP contribution in [0.15, 0.2) is 41.5 Å². The van der Waals surface area contributed by atoms with Crippen molar-refractivity contribution in [3.8, 4) is 16.3 Å². The van der Waals surface area contributed by atoms with E-state index in [0.29, 0.717) is 39.6 Å². The Labute approximate surface area is 198 Å². The van der Waals surface area contributed by atoms with Crippen molar-refractivity contribution >= 4 is 46.1 Å². The van der Waals surface area contributed by atoms with Crippen molar-refractivity contribution < 1.29 is 14.3 Å². The van der Waals surface area contributed by atoms with Crippen LogP contribution in [0.1, 0.15) is 26.8 Å². The van der Waals surface area contributed by atoms with Crippen LogP contribution in [-0.2, 0) is 17.9 Å². The van der Waals surface area contributed by atoms with Gasteiger partial charge in [-0.2, -0.15) is 5.10 Å². The fourth-order valence-corrected chi connectivity index (χ4v) is 4.88. The van der Waals surface area contributed by atoms with Crippen molar-refractivity contribution in [3.63, 3.8) is 0 Å². The first kappa shape index (κ1) is 21.6. The molecule has 0 saturated carbocycles. The topological polar surface area (TPSA) is 90.6 Å². The third-order valence-electron chi connectivity index (χ3n) is 5.32. The Hall–Kier alpha value is -3.27. The Morgan fingerprint density at radius 1 is 1.30 bits per heavy atom. The number of thiazole rings is 1. The van der Waals surface area contributed by atoms with E-state index in [1.807, 2.05) is 24.3 Å². The molecule has 33 heavy (non-hydrogen) atoms. The fraction of sp³-hybridized carbons (Fsp3) is 0.217. The van der Waals surface area contributed by atoms with Gasteiger partial charge in [0, 0.05) is 11.6 Å². The monoisotopic (exact) mass is 481 g/mol. The quantitative estimate of drug-likeness (QED) is 0.336. The van der Waals surface area contributed by atoms with Gasteiger partial charge in [0.05, 0.1) is 42.2 Å². The highest BCUT2D eigenvalue weighted by atomic mass is 35.5. The van der Waals surface area contributed by atoms with E-state index in [-0.39, 0.29) is 5.91 Å². The molecule has 0 saturated heterocycles. The normalized spacial score (nSPS) is 13.4. The number of aryl methyl sites for hydroxylation is 1. The largest absolute Gasteiger partial charge is 0.496 e. The molecule has 2 aromatic heterocycles. The van der Waals surface area contributed by atoms with Gasteiger partial charge in [0.1, 0.15) is 28.1 Å². The van der Waals surface area contributed by atoms with Crippen LogP contribution in [0.3, 0.4) is 0 Å². The van der Waals surface area contributed by atoms with Crippen molar-refractivity contribution in [1.29, 1.82) is 0 Å². The molecular weight excluding hydrogens is 462 g/mol. The number of hydrogen-bond donors (Lipinski definition) is 1. The maximum absolute atomic E-state index is 12.7. The van der Waals surface area contributed by atoms with Gasteiger partial charge in [0.2, 0.25) is 0 Å². The lowest BCUT2D eigenvalue weighted by atomic mass is 10.2. The van der Waals surface area contributed by atoms with Crippen LogP contribution >= 0.6 is 22.9 Å². The van der Waals surface area contributed by atoms with Gasteiger partial charge >= 0.3 is 0 Å². The minimum absolute atomic E-state index is 0.323. The van der Waals surface area contributed by atoms with Gasteiger partial charge in [-0.25, -0.2) is 15.4 Å². The molecule has 1 aliphatic rings. The lowest BCUT2D eigenvalue weighted by Gasteiger charge is -2.14. The molecule has 168 valence electrons. The van der Waals surface area contributed by atoms with Gasteiger partial charge in [-0.3, -0.25) is 4.79 Å². The van der Waals surface area contributed by atoms with Crippen LogP contribution in [0.5, 0.6) is 5.75 Å². The van der Waals surface area contributed by atoms with Crippen LogP contribution in [0.25, 0.3) is 21.6 Å².